The first-order valence-electron chi connectivity index (χ1n) is 7.80. The molecule has 1 saturated heterocycles. The molecule has 0 spiro atoms. The van der Waals surface area contributed by atoms with E-state index in [1.54, 1.807) is 0 Å². The first kappa shape index (κ1) is 12.5. The fraction of sp³-hybridized carbons (Fsp3) is 0.933. The van der Waals surface area contributed by atoms with E-state index in [1.165, 1.54) is 38.5 Å². The summed E-state index contributed by atoms with van der Waals surface area (Å²) in [5, 5.41) is 6.59. The fourth-order valence-electron chi connectivity index (χ4n) is 3.43. The summed E-state index contributed by atoms with van der Waals surface area (Å²) >= 11 is 0. The first-order chi connectivity index (χ1) is 8.83. The molecule has 18 heavy (non-hydrogen) atoms. The van der Waals surface area contributed by atoms with Crippen molar-refractivity contribution < 1.29 is 4.79 Å². The molecule has 1 unspecified atom stereocenters. The first-order valence-corrected chi connectivity index (χ1v) is 7.80. The minimum Gasteiger partial charge on any atom is -0.356 e. The van der Waals surface area contributed by atoms with Gasteiger partial charge in [-0.15, -0.1) is 0 Å². The molecule has 1 amide bonds. The summed E-state index contributed by atoms with van der Waals surface area (Å²) in [5.74, 6) is 3.54. The maximum atomic E-state index is 12.0. The highest BCUT2D eigenvalue weighted by atomic mass is 16.1. The van der Waals surface area contributed by atoms with E-state index in [4.69, 9.17) is 0 Å². The third kappa shape index (κ3) is 3.47. The van der Waals surface area contributed by atoms with Crippen molar-refractivity contribution in [1.29, 1.82) is 0 Å². The second-order valence-corrected chi connectivity index (χ2v) is 6.56. The van der Waals surface area contributed by atoms with E-state index in [1.807, 2.05) is 0 Å². The molecule has 0 aromatic carbocycles. The molecule has 0 radical (unpaired) electrons. The van der Waals surface area contributed by atoms with Crippen molar-refractivity contribution in [3.63, 3.8) is 0 Å². The van der Waals surface area contributed by atoms with Crippen molar-refractivity contribution >= 4 is 5.91 Å². The molecular weight excluding hydrogens is 224 g/mol. The Labute approximate surface area is 110 Å². The van der Waals surface area contributed by atoms with Crippen LogP contribution < -0.4 is 10.6 Å². The van der Waals surface area contributed by atoms with Crippen LogP contribution in [-0.4, -0.2) is 25.5 Å². The fourth-order valence-corrected chi connectivity index (χ4v) is 3.43. The maximum absolute atomic E-state index is 12.0. The number of carbonyl (C=O) groups is 1. The van der Waals surface area contributed by atoms with Crippen molar-refractivity contribution in [3.8, 4) is 0 Å². The Morgan fingerprint density at radius 2 is 1.89 bits per heavy atom. The van der Waals surface area contributed by atoms with E-state index >= 15 is 0 Å². The van der Waals surface area contributed by atoms with Crippen LogP contribution in [0.3, 0.4) is 0 Å². The Balaban J connectivity index is 1.37. The summed E-state index contributed by atoms with van der Waals surface area (Å²) in [4.78, 5) is 12.0. The Hall–Kier alpha value is -0.570. The lowest BCUT2D eigenvalue weighted by atomic mass is 9.95. The molecular formula is C15H26N2O. The lowest BCUT2D eigenvalue weighted by molar-refractivity contribution is -0.122. The van der Waals surface area contributed by atoms with Crippen LogP contribution in [0.4, 0.5) is 0 Å². The van der Waals surface area contributed by atoms with Crippen molar-refractivity contribution in [1.82, 2.24) is 10.6 Å². The normalized spacial score (nSPS) is 28.4. The summed E-state index contributed by atoms with van der Waals surface area (Å²) in [7, 11) is 0. The van der Waals surface area contributed by atoms with Crippen LogP contribution in [0.1, 0.15) is 44.9 Å². The molecule has 3 fully saturated rings. The third-order valence-corrected chi connectivity index (χ3v) is 4.86. The zero-order valence-corrected chi connectivity index (χ0v) is 11.3. The summed E-state index contributed by atoms with van der Waals surface area (Å²) in [6.45, 7) is 3.11. The lowest BCUT2D eigenvalue weighted by Crippen LogP contribution is -2.36. The quantitative estimate of drug-likeness (QED) is 0.756. The second-order valence-electron chi connectivity index (χ2n) is 6.56. The molecule has 1 aliphatic heterocycles. The minimum absolute atomic E-state index is 0.287. The Bertz CT molecular complexity index is 279. The van der Waals surface area contributed by atoms with Crippen molar-refractivity contribution in [2.24, 2.45) is 23.7 Å². The number of amides is 1. The molecule has 1 atom stereocenters. The summed E-state index contributed by atoms with van der Waals surface area (Å²) in [5.41, 5.74) is 0. The van der Waals surface area contributed by atoms with Gasteiger partial charge < -0.3 is 10.6 Å². The maximum Gasteiger partial charge on any atom is 0.220 e. The van der Waals surface area contributed by atoms with Crippen molar-refractivity contribution in [2.45, 2.75) is 44.9 Å². The summed E-state index contributed by atoms with van der Waals surface area (Å²) < 4.78 is 0. The standard InChI is InChI=1S/C15H26N2O/c18-15(8-11-2-1-7-16-9-11)17-10-14(12-3-4-12)13-5-6-13/h11-14,16H,1-10H2,(H,17,18). The second kappa shape index (κ2) is 5.60. The van der Waals surface area contributed by atoms with Gasteiger partial charge in [-0.25, -0.2) is 0 Å². The number of hydrogen-bond donors (Lipinski definition) is 2. The number of carbonyl (C=O) groups excluding carboxylic acids is 1. The highest BCUT2D eigenvalue weighted by Crippen LogP contribution is 2.48. The van der Waals surface area contributed by atoms with Gasteiger partial charge in [0, 0.05) is 13.0 Å². The van der Waals surface area contributed by atoms with Crippen LogP contribution in [0.25, 0.3) is 0 Å². The highest BCUT2D eigenvalue weighted by molar-refractivity contribution is 5.76. The number of rotatable bonds is 6. The van der Waals surface area contributed by atoms with E-state index < -0.39 is 0 Å². The monoisotopic (exact) mass is 250 g/mol. The molecule has 3 aliphatic rings. The zero-order valence-electron chi connectivity index (χ0n) is 11.3. The van der Waals surface area contributed by atoms with Crippen LogP contribution in [0, 0.1) is 23.7 Å². The Morgan fingerprint density at radius 3 is 2.44 bits per heavy atom. The van der Waals surface area contributed by atoms with E-state index in [9.17, 15) is 4.79 Å². The molecule has 1 heterocycles. The van der Waals surface area contributed by atoms with Crippen LogP contribution in [0.5, 0.6) is 0 Å². The van der Waals surface area contributed by atoms with E-state index in [2.05, 4.69) is 10.6 Å². The zero-order chi connectivity index (χ0) is 12.4. The third-order valence-electron chi connectivity index (χ3n) is 4.86. The van der Waals surface area contributed by atoms with Crippen LogP contribution in [0.2, 0.25) is 0 Å². The predicted octanol–water partition coefficient (Wildman–Crippen LogP) is 1.93. The average Bonchev–Trinajstić information content (AvgIpc) is 3.25. The van der Waals surface area contributed by atoms with Gasteiger partial charge in [-0.05, 0) is 75.3 Å². The van der Waals surface area contributed by atoms with Gasteiger partial charge >= 0.3 is 0 Å². The van der Waals surface area contributed by atoms with Crippen LogP contribution in [0.15, 0.2) is 0 Å². The molecule has 3 heteroatoms. The van der Waals surface area contributed by atoms with Gasteiger partial charge in [0.2, 0.25) is 5.91 Å². The molecule has 3 rings (SSSR count). The molecule has 2 aliphatic carbocycles. The van der Waals surface area contributed by atoms with Gasteiger partial charge in [0.15, 0.2) is 0 Å². The van der Waals surface area contributed by atoms with Gasteiger partial charge in [-0.2, -0.15) is 0 Å². The van der Waals surface area contributed by atoms with Crippen LogP contribution in [-0.2, 0) is 4.79 Å². The Morgan fingerprint density at radius 1 is 1.17 bits per heavy atom. The summed E-state index contributed by atoms with van der Waals surface area (Å²) in [6.07, 6.45) is 8.80. The minimum atomic E-state index is 0.287. The Kier molecular flexibility index (Phi) is 3.88. The average molecular weight is 250 g/mol. The van der Waals surface area contributed by atoms with Gasteiger partial charge in [-0.3, -0.25) is 4.79 Å². The molecule has 3 nitrogen and oxygen atoms in total. The predicted molar refractivity (Wildman–Crippen MR) is 72.2 cm³/mol. The van der Waals surface area contributed by atoms with Crippen molar-refractivity contribution in [2.75, 3.05) is 19.6 Å². The summed E-state index contributed by atoms with van der Waals surface area (Å²) in [6, 6.07) is 0. The molecule has 0 aromatic heterocycles. The van der Waals surface area contributed by atoms with E-state index in [0.29, 0.717) is 5.92 Å². The number of hydrogen-bond acceptors (Lipinski definition) is 2. The van der Waals surface area contributed by atoms with E-state index in [-0.39, 0.29) is 5.91 Å². The van der Waals surface area contributed by atoms with Gasteiger partial charge in [0.05, 0.1) is 0 Å². The van der Waals surface area contributed by atoms with Gasteiger partial charge in [-0.1, -0.05) is 0 Å². The SMILES string of the molecule is O=C(CC1CCCNC1)NCC(C1CC1)C1CC1. The largest absolute Gasteiger partial charge is 0.356 e. The number of piperidine rings is 1. The van der Waals surface area contributed by atoms with Crippen molar-refractivity contribution in [3.05, 3.63) is 0 Å². The van der Waals surface area contributed by atoms with E-state index in [0.717, 1.165) is 43.8 Å². The topological polar surface area (TPSA) is 41.1 Å². The molecule has 102 valence electrons. The van der Waals surface area contributed by atoms with Crippen LogP contribution >= 0.6 is 0 Å². The highest BCUT2D eigenvalue weighted by Gasteiger charge is 2.41. The van der Waals surface area contributed by atoms with Gasteiger partial charge in [0.1, 0.15) is 0 Å². The molecule has 0 aromatic rings. The number of nitrogens with one attached hydrogen (secondary N) is 2. The van der Waals surface area contributed by atoms with Gasteiger partial charge in [0.25, 0.3) is 0 Å². The molecule has 2 saturated carbocycles. The lowest BCUT2D eigenvalue weighted by Gasteiger charge is -2.23. The molecule has 2 N–H and O–H groups in total. The molecule has 0 bridgehead atoms. The smallest absolute Gasteiger partial charge is 0.220 e.